The first-order valence-corrected chi connectivity index (χ1v) is 61.1. The Hall–Kier alpha value is -6.84. The summed E-state index contributed by atoms with van der Waals surface area (Å²) in [7, 11) is 8.76. The third-order valence-electron chi connectivity index (χ3n) is 26.6. The van der Waals surface area contributed by atoms with Crippen LogP contribution in [-0.2, 0) is 20.6 Å². The summed E-state index contributed by atoms with van der Waals surface area (Å²) in [4.78, 5) is 59.4. The van der Waals surface area contributed by atoms with E-state index in [0.29, 0.717) is 39.6 Å². The second-order valence-corrected chi connectivity index (χ2v) is 48.6. The standard InChI is InChI=1S/C22H24N8S2.C16H16ClN3O.C15H15ClN4O.C12H17BrN4S2.C9H14N2O.2C8H18.C7H4BrClN2.2C4H9.ClH.Sn/c1-12-8-14(5-7-29(12)2)30(3)22-28-21-20(32-22)27-19(31-21)18-17-15(4-6-23-17)16(11-24-18)13-9-25-26-10-13;17-16-13-5-3-4-12(13)14(9-18-16)11-8-19-20(10-11)15-6-1-2-7-21-15;16-15-14-11(4-5-17-14)12(8-18-15)10-7-19-20(9-10)13-3-1-2-6-21-13;1-7-6-8(4-5-16(7)2)17(3)12-15-10-9(19-12)14-11(13)18-10;1-8-6-10-11(7-8)9-4-2-3-5-12-9;2*1-3-5-7-8-6-4-2;8-5-3-11-7(9)6-4(5)1-2-10-6;2*1-3-4-2;;/h4,6,9-12,14,23H,5,7-8H2,1-3H3,(H,25,26);3-4,8-10,15H,1-2,5-7H2;4-5,7-9,13,17H,1-3,6H2;7-8H,4-6H2,1-3H3;6-7,9H,2-5H2,1H3;2*3-8H2,1-2H3;1-3,10H;2*1,3-4H2,2H3;1H;. The van der Waals surface area contributed by atoms with Crippen LogP contribution in [0.1, 0.15) is 277 Å². The summed E-state index contributed by atoms with van der Waals surface area (Å²) in [5, 5.41) is 28.0. The van der Waals surface area contributed by atoms with Gasteiger partial charge >= 0.3 is 69.5 Å². The zero-order valence-electron chi connectivity index (χ0n) is 84.9. The fourth-order valence-corrected chi connectivity index (χ4v) is 27.7. The van der Waals surface area contributed by atoms with Gasteiger partial charge in [0, 0.05) is 199 Å². The maximum absolute atomic E-state index is 6.16. The minimum absolute atomic E-state index is 0. The van der Waals surface area contributed by atoms with Crippen molar-refractivity contribution < 1.29 is 14.2 Å². The quantitative estimate of drug-likeness (QED) is 0.0212. The molecule has 5 saturated heterocycles. The van der Waals surface area contributed by atoms with Gasteiger partial charge in [0.25, 0.3) is 0 Å². The average molecular weight is 2330 g/mol. The second kappa shape index (κ2) is 59.4. The van der Waals surface area contributed by atoms with Crippen LogP contribution in [-0.4, -0.2) is 211 Å². The van der Waals surface area contributed by atoms with Crippen LogP contribution >= 0.6 is 124 Å². The number of halogens is 6. The molecule has 7 unspecified atom stereocenters. The molecule has 15 aromatic rings. The van der Waals surface area contributed by atoms with E-state index in [2.05, 4.69) is 214 Å². The fourth-order valence-electron chi connectivity index (χ4n) is 17.8. The number of thiazole rings is 4. The molecule has 0 saturated carbocycles. The molecule has 21 rings (SSSR count). The van der Waals surface area contributed by atoms with Crippen LogP contribution in [0.25, 0.3) is 102 Å². The summed E-state index contributed by atoms with van der Waals surface area (Å²) in [5.41, 5.74) is 13.3. The van der Waals surface area contributed by atoms with Crippen LogP contribution in [0, 0.1) is 6.92 Å². The average Bonchev–Trinajstić information content (AvgIpc) is 1.60. The number of fused-ring (bicyclic) bond motifs is 6. The molecule has 142 heavy (non-hydrogen) atoms. The Balaban J connectivity index is 0.000000148. The van der Waals surface area contributed by atoms with Crippen molar-refractivity contribution in [3.63, 3.8) is 0 Å². The molecule has 0 bridgehead atoms. The molecule has 1 aliphatic carbocycles. The van der Waals surface area contributed by atoms with E-state index >= 15 is 0 Å². The summed E-state index contributed by atoms with van der Waals surface area (Å²) in [5.74, 6) is 0. The van der Waals surface area contributed by atoms with Crippen molar-refractivity contribution >= 4 is 214 Å². The summed E-state index contributed by atoms with van der Waals surface area (Å²) in [6.07, 6.45) is 71.5. The van der Waals surface area contributed by atoms with Gasteiger partial charge in [-0.2, -0.15) is 20.4 Å². The third kappa shape index (κ3) is 32.1. The van der Waals surface area contributed by atoms with Gasteiger partial charge in [0.2, 0.25) is 0 Å². The maximum atomic E-state index is 6.16. The number of aromatic nitrogens is 19. The number of likely N-dealkylation sites (tertiary alicyclic amines) is 2. The fraction of sp³-hybridized carbons (Fsp3) is 0.543. The SMILES string of the molecule is CC1CC(N(C)c2nc3sc(-c4ncc(-c5cn[nH]c5)c5cc[nH]c45)nc3s2)CCN1C.CC1CC(N(C)c2nc3sc(Br)nc3s2)CCN1C.CCCCCCCC.CCCCCCCC.CCC[CH2][Sn][CH2]CCC.Cc1cnn(C2CCCCO2)c1.Cl.Clc1ncc(-c2cnn(C3CCCCO3)c2)c2c1CC=C2.Clc1ncc(-c2cnn(C3CCCCO3)c2)c2cc[nH]c12.Clc1ncc(Br)c2cc[nH]c12. The molecule has 2 radical (unpaired) electrons. The number of aromatic amines is 4. The number of hydrogen-bond donors (Lipinski definition) is 4. The minimum Gasteiger partial charge on any atom is -0.359 e. The van der Waals surface area contributed by atoms with Crippen LogP contribution in [0.4, 0.5) is 10.3 Å². The topological polar surface area (TPSA) is 273 Å². The Kier molecular flexibility index (Phi) is 47.6. The Bertz CT molecular complexity index is 6100. The van der Waals surface area contributed by atoms with Crippen LogP contribution < -0.4 is 9.80 Å². The number of pyridine rings is 4. The molecule has 6 aliphatic rings. The van der Waals surface area contributed by atoms with E-state index in [4.69, 9.17) is 68.9 Å². The predicted octanol–water partition coefficient (Wildman–Crippen LogP) is 30.8. The Labute approximate surface area is 903 Å². The third-order valence-corrected chi connectivity index (χ3v) is 36.9. The number of nitrogens with one attached hydrogen (secondary N) is 4. The summed E-state index contributed by atoms with van der Waals surface area (Å²) in [6.45, 7) is 25.1. The number of unbranched alkanes of at least 4 members (excludes halogenated alkanes) is 12. The normalized spacial score (nSPS) is 18.3. The van der Waals surface area contributed by atoms with Crippen molar-refractivity contribution in [3.8, 4) is 44.1 Å². The van der Waals surface area contributed by atoms with Crippen molar-refractivity contribution in [3.05, 3.63) is 158 Å². The molecule has 0 aromatic carbocycles. The molecule has 15 aromatic heterocycles. The zero-order valence-corrected chi connectivity index (χ0v) is 97.3. The van der Waals surface area contributed by atoms with Crippen LogP contribution in [0.5, 0.6) is 0 Å². The van der Waals surface area contributed by atoms with Crippen molar-refractivity contribution in [1.29, 1.82) is 0 Å². The van der Waals surface area contributed by atoms with Crippen molar-refractivity contribution in [1.82, 2.24) is 104 Å². The molecule has 4 N–H and O–H groups in total. The van der Waals surface area contributed by atoms with Crippen LogP contribution in [0.3, 0.4) is 0 Å². The summed E-state index contributed by atoms with van der Waals surface area (Å²) < 4.78 is 28.0. The largest absolute Gasteiger partial charge is 0.359 e. The van der Waals surface area contributed by atoms with Gasteiger partial charge in [-0.25, -0.2) is 48.9 Å². The minimum atomic E-state index is 0. The molecule has 5 aliphatic heterocycles. The molecule has 37 heteroatoms. The Morgan fingerprint density at radius 2 is 0.930 bits per heavy atom. The summed E-state index contributed by atoms with van der Waals surface area (Å²) in [6, 6.07) is 8.40. The number of H-pyrrole nitrogens is 4. The maximum Gasteiger partial charge on any atom is 0.153 e. The molecular weight excluding hydrogens is 2180 g/mol. The van der Waals surface area contributed by atoms with Crippen molar-refractivity contribution in [2.24, 2.45) is 0 Å². The molecule has 768 valence electrons. The summed E-state index contributed by atoms with van der Waals surface area (Å²) >= 11 is 31.6. The van der Waals surface area contributed by atoms with E-state index in [-0.39, 0.29) is 52.2 Å². The van der Waals surface area contributed by atoms with Gasteiger partial charge in [-0.05, 0) is 186 Å². The molecule has 0 spiro atoms. The van der Waals surface area contributed by atoms with E-state index in [1.807, 2.05) is 114 Å². The van der Waals surface area contributed by atoms with Crippen LogP contribution in [0.2, 0.25) is 24.3 Å². The first-order valence-electron chi connectivity index (χ1n) is 51.1. The van der Waals surface area contributed by atoms with E-state index in [1.54, 1.807) is 66.6 Å². The molecular formula is C105H145Br2Cl4N23O3S4Sn. The first kappa shape index (κ1) is 114. The number of anilines is 2. The van der Waals surface area contributed by atoms with E-state index in [9.17, 15) is 0 Å². The number of rotatable bonds is 27. The Morgan fingerprint density at radius 1 is 0.479 bits per heavy atom. The number of nitrogens with zero attached hydrogens (tertiary/aromatic N) is 19. The van der Waals surface area contributed by atoms with E-state index in [0.717, 1.165) is 192 Å². The van der Waals surface area contributed by atoms with Crippen molar-refractivity contribution in [2.45, 2.75) is 307 Å². The van der Waals surface area contributed by atoms with Gasteiger partial charge in [0.05, 0.1) is 41.3 Å². The van der Waals surface area contributed by atoms with Crippen molar-refractivity contribution in [2.75, 3.05) is 70.9 Å². The second-order valence-electron chi connectivity index (χ2n) is 37.2. The number of hydrogen-bond acceptors (Lipinski definition) is 23. The van der Waals surface area contributed by atoms with E-state index < -0.39 is 0 Å². The molecule has 7 atom stereocenters. The Morgan fingerprint density at radius 3 is 1.41 bits per heavy atom. The van der Waals surface area contributed by atoms with E-state index in [1.165, 1.54) is 165 Å². The molecule has 5 fully saturated rings. The predicted molar refractivity (Wildman–Crippen MR) is 606 cm³/mol. The molecule has 26 nitrogen and oxygen atoms in total. The first-order chi connectivity index (χ1) is 68.7. The van der Waals surface area contributed by atoms with Gasteiger partial charge in [-0.1, -0.05) is 197 Å². The van der Waals surface area contributed by atoms with Gasteiger partial charge in [0.15, 0.2) is 43.8 Å². The molecule has 20 heterocycles. The van der Waals surface area contributed by atoms with Gasteiger partial charge < -0.3 is 48.8 Å². The number of allylic oxidation sites excluding steroid dienone is 1. The van der Waals surface area contributed by atoms with Gasteiger partial charge in [-0.3, -0.25) is 10.1 Å². The van der Waals surface area contributed by atoms with Crippen LogP contribution in [0.15, 0.2) is 126 Å². The molecule has 0 amide bonds. The number of aryl methyl sites for hydroxylation is 1. The number of ether oxygens (including phenoxy) is 3. The van der Waals surface area contributed by atoms with Gasteiger partial charge in [-0.15, -0.1) is 12.4 Å². The monoisotopic (exact) mass is 2320 g/mol. The smallest absolute Gasteiger partial charge is 0.153 e. The number of piperidine rings is 2. The zero-order chi connectivity index (χ0) is 99.5. The van der Waals surface area contributed by atoms with Gasteiger partial charge in [0.1, 0.15) is 34.5 Å².